The molecule has 4 aromatic rings. The van der Waals surface area contributed by atoms with Crippen LogP contribution in [0.15, 0.2) is 76.5 Å². The predicted molar refractivity (Wildman–Crippen MR) is 125 cm³/mol. The Kier molecular flexibility index (Phi) is 5.44. The van der Waals surface area contributed by atoms with Crippen molar-refractivity contribution in [1.82, 2.24) is 15.3 Å². The van der Waals surface area contributed by atoms with E-state index in [4.69, 9.17) is 0 Å². The zero-order chi connectivity index (χ0) is 22.8. The van der Waals surface area contributed by atoms with Gasteiger partial charge in [-0.05, 0) is 35.4 Å². The van der Waals surface area contributed by atoms with Gasteiger partial charge in [0.25, 0.3) is 5.56 Å². The van der Waals surface area contributed by atoms with E-state index in [0.717, 1.165) is 16.8 Å². The maximum Gasteiger partial charge on any atom is 0.291 e. The second kappa shape index (κ2) is 8.70. The van der Waals surface area contributed by atoms with Crippen molar-refractivity contribution < 1.29 is 9.18 Å². The summed E-state index contributed by atoms with van der Waals surface area (Å²) in [5.41, 5.74) is 3.46. The normalized spacial score (nSPS) is 14.3. The highest BCUT2D eigenvalue weighted by Crippen LogP contribution is 2.34. The maximum atomic E-state index is 14.8. The Morgan fingerprint density at radius 1 is 1.00 bits per heavy atom. The molecule has 0 aliphatic carbocycles. The van der Waals surface area contributed by atoms with E-state index in [9.17, 15) is 14.0 Å². The minimum absolute atomic E-state index is 0.116. The van der Waals surface area contributed by atoms with Gasteiger partial charge in [-0.15, -0.1) is 0 Å². The summed E-state index contributed by atoms with van der Waals surface area (Å²) >= 11 is 0. The van der Waals surface area contributed by atoms with Crippen LogP contribution in [0.1, 0.15) is 22.7 Å². The van der Waals surface area contributed by atoms with Crippen LogP contribution in [0.2, 0.25) is 0 Å². The molecule has 1 aromatic heterocycles. The van der Waals surface area contributed by atoms with Gasteiger partial charge >= 0.3 is 0 Å². The molecule has 1 atom stereocenters. The molecule has 33 heavy (non-hydrogen) atoms. The van der Waals surface area contributed by atoms with Crippen LogP contribution in [0.3, 0.4) is 0 Å². The van der Waals surface area contributed by atoms with Crippen molar-refractivity contribution in [3.63, 3.8) is 0 Å². The summed E-state index contributed by atoms with van der Waals surface area (Å²) < 4.78 is 14.8. The molecule has 2 heterocycles. The van der Waals surface area contributed by atoms with Crippen LogP contribution in [0, 0.1) is 5.82 Å². The van der Waals surface area contributed by atoms with Gasteiger partial charge in [-0.3, -0.25) is 14.6 Å². The number of rotatable bonds is 6. The maximum absolute atomic E-state index is 14.8. The fraction of sp³-hybridized carbons (Fsp3) is 0.115. The first-order valence-corrected chi connectivity index (χ1v) is 10.5. The average Bonchev–Trinajstić information content (AvgIpc) is 3.18. The monoisotopic (exact) mass is 438 g/mol. The van der Waals surface area contributed by atoms with Crippen molar-refractivity contribution >= 4 is 29.2 Å². The zero-order valence-corrected chi connectivity index (χ0v) is 17.5. The molecule has 0 fully saturated rings. The molecule has 0 bridgehead atoms. The Hall–Kier alpha value is -4.26. The van der Waals surface area contributed by atoms with Gasteiger partial charge < -0.3 is 5.32 Å². The number of carbonyl (C=O) groups excluding carboxylic acids is 1. The summed E-state index contributed by atoms with van der Waals surface area (Å²) in [6, 6.07) is 19.4. The number of aromatic nitrogens is 2. The van der Waals surface area contributed by atoms with E-state index in [-0.39, 0.29) is 11.6 Å². The van der Waals surface area contributed by atoms with E-state index in [1.807, 2.05) is 30.5 Å². The van der Waals surface area contributed by atoms with Crippen LogP contribution >= 0.6 is 0 Å². The van der Waals surface area contributed by atoms with Gasteiger partial charge in [-0.2, -0.15) is 0 Å². The molecule has 1 aliphatic heterocycles. The van der Waals surface area contributed by atoms with Crippen molar-refractivity contribution in [2.24, 2.45) is 4.99 Å². The number of hydrogen-bond acceptors (Lipinski definition) is 5. The van der Waals surface area contributed by atoms with E-state index in [2.05, 4.69) is 20.3 Å². The number of nitrogens with zero attached hydrogens (tertiary/aromatic N) is 3. The van der Waals surface area contributed by atoms with Crippen molar-refractivity contribution in [2.75, 3.05) is 0 Å². The molecule has 3 aromatic carbocycles. The molecule has 0 unspecified atom stereocenters. The third kappa shape index (κ3) is 4.01. The van der Waals surface area contributed by atoms with Gasteiger partial charge in [-0.1, -0.05) is 42.5 Å². The standard InChI is InChI=1S/C26H19FN4O2/c27-21-7-3-1-6-19(21)25-20-10-9-16(13-28-15-32)11-23(20)31-26(33)24(30-25)12-17-14-29-22-8-4-2-5-18(17)22/h1-11,14-15,17H,12-13H2,(H,28,32)/t17-/m0/s1. The summed E-state index contributed by atoms with van der Waals surface area (Å²) in [6.45, 7) is 0.290. The van der Waals surface area contributed by atoms with Crippen molar-refractivity contribution in [2.45, 2.75) is 18.9 Å². The van der Waals surface area contributed by atoms with Gasteiger partial charge in [0.05, 0.1) is 16.9 Å². The molecule has 0 saturated carbocycles. The molecule has 162 valence electrons. The van der Waals surface area contributed by atoms with Gasteiger partial charge in [0.15, 0.2) is 0 Å². The number of hydrogen-bond donors (Lipinski definition) is 1. The zero-order valence-electron chi connectivity index (χ0n) is 17.5. The van der Waals surface area contributed by atoms with E-state index < -0.39 is 11.4 Å². The first-order chi connectivity index (χ1) is 16.1. The number of benzene rings is 3. The number of para-hydroxylation sites is 1. The van der Waals surface area contributed by atoms with Crippen LogP contribution in [0.25, 0.3) is 22.2 Å². The SMILES string of the molecule is O=CNCc1ccc2c(-c3ccccc3F)nc(C[C@H]3C=Nc4ccccc43)c(=O)nc2c1. The van der Waals surface area contributed by atoms with E-state index in [1.54, 1.807) is 36.4 Å². The number of nitrogens with one attached hydrogen (secondary N) is 1. The van der Waals surface area contributed by atoms with Crippen molar-refractivity contribution in [3.8, 4) is 11.3 Å². The highest BCUT2D eigenvalue weighted by atomic mass is 19.1. The van der Waals surface area contributed by atoms with Crippen LogP contribution < -0.4 is 10.9 Å². The van der Waals surface area contributed by atoms with E-state index >= 15 is 0 Å². The minimum Gasteiger partial charge on any atom is -0.355 e. The fourth-order valence-electron chi connectivity index (χ4n) is 4.09. The van der Waals surface area contributed by atoms with Crippen LogP contribution in [-0.2, 0) is 17.8 Å². The molecular formula is C26H19FN4O2. The quantitative estimate of drug-likeness (QED) is 0.460. The van der Waals surface area contributed by atoms with Crippen LogP contribution in [0.4, 0.5) is 10.1 Å². The lowest BCUT2D eigenvalue weighted by Gasteiger charge is -2.08. The van der Waals surface area contributed by atoms with Crippen LogP contribution in [-0.4, -0.2) is 22.6 Å². The Balaban J connectivity index is 1.69. The fourth-order valence-corrected chi connectivity index (χ4v) is 4.09. The van der Waals surface area contributed by atoms with E-state index in [1.165, 1.54) is 6.07 Å². The third-order valence-corrected chi connectivity index (χ3v) is 5.69. The summed E-state index contributed by atoms with van der Waals surface area (Å²) in [5.74, 6) is -0.551. The highest BCUT2D eigenvalue weighted by molar-refractivity contribution is 5.92. The number of aliphatic imine (C=N–C) groups is 1. The molecule has 1 N–H and O–H groups in total. The Labute approximate surface area is 188 Å². The average molecular weight is 438 g/mol. The smallest absolute Gasteiger partial charge is 0.291 e. The molecule has 1 aliphatic rings. The predicted octanol–water partition coefficient (Wildman–Crippen LogP) is 4.08. The number of carbonyl (C=O) groups is 1. The van der Waals surface area contributed by atoms with Crippen molar-refractivity contribution in [1.29, 1.82) is 0 Å². The van der Waals surface area contributed by atoms with Gasteiger partial charge in [0.2, 0.25) is 6.41 Å². The lowest BCUT2D eigenvalue weighted by Crippen LogP contribution is -2.15. The molecule has 0 spiro atoms. The molecule has 0 saturated heterocycles. The van der Waals surface area contributed by atoms with E-state index in [0.29, 0.717) is 41.5 Å². The third-order valence-electron chi connectivity index (χ3n) is 5.69. The summed E-state index contributed by atoms with van der Waals surface area (Å²) in [6.07, 6.45) is 2.71. The number of amides is 1. The van der Waals surface area contributed by atoms with Gasteiger partial charge in [0.1, 0.15) is 11.5 Å². The molecule has 6 nitrogen and oxygen atoms in total. The Morgan fingerprint density at radius 2 is 1.82 bits per heavy atom. The first-order valence-electron chi connectivity index (χ1n) is 10.5. The van der Waals surface area contributed by atoms with Gasteiger partial charge in [-0.25, -0.2) is 14.4 Å². The minimum atomic E-state index is -0.471. The number of fused-ring (bicyclic) bond motifs is 2. The summed E-state index contributed by atoms with van der Waals surface area (Å²) in [5, 5.41) is 3.15. The van der Waals surface area contributed by atoms with Crippen molar-refractivity contribution in [3.05, 3.63) is 99.7 Å². The summed E-state index contributed by atoms with van der Waals surface area (Å²) in [4.78, 5) is 37.3. The molecule has 5 rings (SSSR count). The summed E-state index contributed by atoms with van der Waals surface area (Å²) in [7, 11) is 0. The topological polar surface area (TPSA) is 84.3 Å². The molecule has 0 radical (unpaired) electrons. The molecule has 7 heteroatoms. The second-order valence-electron chi connectivity index (χ2n) is 7.80. The Bertz CT molecular complexity index is 1470. The lowest BCUT2D eigenvalue weighted by atomic mass is 9.96. The largest absolute Gasteiger partial charge is 0.355 e. The van der Waals surface area contributed by atoms with Crippen LogP contribution in [0.5, 0.6) is 0 Å². The Morgan fingerprint density at radius 3 is 2.67 bits per heavy atom. The van der Waals surface area contributed by atoms with Gasteiger partial charge in [0, 0.05) is 36.0 Å². The number of halogens is 1. The second-order valence-corrected chi connectivity index (χ2v) is 7.80. The highest BCUT2D eigenvalue weighted by Gasteiger charge is 2.22. The molecular weight excluding hydrogens is 419 g/mol. The molecule has 1 amide bonds. The lowest BCUT2D eigenvalue weighted by molar-refractivity contribution is -0.109. The first kappa shape index (κ1) is 20.6.